The third kappa shape index (κ3) is 2.48. The maximum atomic E-state index is 9.02. The minimum atomic E-state index is 0.404. The first kappa shape index (κ1) is 9.05. The maximum Gasteiger partial charge on any atom is 0.0459 e. The van der Waals surface area contributed by atoms with Crippen LogP contribution >= 0.6 is 0 Å². The van der Waals surface area contributed by atoms with Gasteiger partial charge < -0.3 is 5.11 Å². The van der Waals surface area contributed by atoms with Gasteiger partial charge in [0.1, 0.15) is 0 Å². The zero-order chi connectivity index (χ0) is 8.27. The van der Waals surface area contributed by atoms with Gasteiger partial charge in [-0.05, 0) is 37.0 Å². The molecule has 0 unspecified atom stereocenters. The van der Waals surface area contributed by atoms with E-state index in [4.69, 9.17) is 5.11 Å². The van der Waals surface area contributed by atoms with Gasteiger partial charge in [0.2, 0.25) is 0 Å². The van der Waals surface area contributed by atoms with Crippen LogP contribution in [0.3, 0.4) is 0 Å². The standard InChI is InChI=1S/C10H20O/c1-3-9-4-8(2)5-10(6-9)7-11/h8-11H,3-7H2,1-2H3/t8-,9-,10+/m1/s1. The fourth-order valence-corrected chi connectivity index (χ4v) is 2.38. The predicted molar refractivity (Wildman–Crippen MR) is 47.4 cm³/mol. The van der Waals surface area contributed by atoms with Crippen LogP contribution in [-0.2, 0) is 0 Å². The molecule has 0 aromatic heterocycles. The normalized spacial score (nSPS) is 39.0. The first-order valence-corrected chi connectivity index (χ1v) is 4.87. The highest BCUT2D eigenvalue weighted by Crippen LogP contribution is 2.34. The van der Waals surface area contributed by atoms with Gasteiger partial charge in [0, 0.05) is 6.61 Å². The minimum absolute atomic E-state index is 0.404. The van der Waals surface area contributed by atoms with Crippen LogP contribution in [0.5, 0.6) is 0 Å². The van der Waals surface area contributed by atoms with Crippen molar-refractivity contribution in [3.05, 3.63) is 0 Å². The van der Waals surface area contributed by atoms with E-state index in [1.807, 2.05) is 0 Å². The van der Waals surface area contributed by atoms with Gasteiger partial charge in [-0.2, -0.15) is 0 Å². The van der Waals surface area contributed by atoms with E-state index in [-0.39, 0.29) is 0 Å². The van der Waals surface area contributed by atoms with E-state index >= 15 is 0 Å². The van der Waals surface area contributed by atoms with Gasteiger partial charge in [-0.1, -0.05) is 20.3 Å². The summed E-state index contributed by atoms with van der Waals surface area (Å²) in [6, 6.07) is 0. The first-order chi connectivity index (χ1) is 5.26. The Kier molecular flexibility index (Phi) is 3.38. The van der Waals surface area contributed by atoms with Crippen LogP contribution < -0.4 is 0 Å². The minimum Gasteiger partial charge on any atom is -0.396 e. The molecule has 0 saturated heterocycles. The quantitative estimate of drug-likeness (QED) is 0.651. The molecule has 66 valence electrons. The molecule has 0 heterocycles. The van der Waals surface area contributed by atoms with Gasteiger partial charge in [-0.25, -0.2) is 0 Å². The second kappa shape index (κ2) is 4.10. The summed E-state index contributed by atoms with van der Waals surface area (Å²) in [5, 5.41) is 9.02. The molecule has 0 aromatic carbocycles. The van der Waals surface area contributed by atoms with Gasteiger partial charge >= 0.3 is 0 Å². The lowest BCUT2D eigenvalue weighted by molar-refractivity contribution is 0.130. The van der Waals surface area contributed by atoms with Crippen LogP contribution in [0.2, 0.25) is 0 Å². The monoisotopic (exact) mass is 156 g/mol. The highest BCUT2D eigenvalue weighted by atomic mass is 16.3. The fourth-order valence-electron chi connectivity index (χ4n) is 2.38. The third-order valence-electron chi connectivity index (χ3n) is 2.97. The molecule has 0 spiro atoms. The molecule has 1 nitrogen and oxygen atoms in total. The lowest BCUT2D eigenvalue weighted by Gasteiger charge is -2.31. The van der Waals surface area contributed by atoms with Crippen LogP contribution in [-0.4, -0.2) is 11.7 Å². The third-order valence-corrected chi connectivity index (χ3v) is 2.97. The van der Waals surface area contributed by atoms with E-state index in [1.165, 1.54) is 25.7 Å². The number of aliphatic hydroxyl groups is 1. The maximum absolute atomic E-state index is 9.02. The summed E-state index contributed by atoms with van der Waals surface area (Å²) < 4.78 is 0. The van der Waals surface area contributed by atoms with Crippen LogP contribution in [0, 0.1) is 17.8 Å². The molecule has 0 amide bonds. The number of rotatable bonds is 2. The molecule has 1 aliphatic rings. The Balaban J connectivity index is 2.37. The zero-order valence-corrected chi connectivity index (χ0v) is 7.71. The lowest BCUT2D eigenvalue weighted by atomic mass is 9.75. The van der Waals surface area contributed by atoms with Gasteiger partial charge in [0.05, 0.1) is 0 Å². The summed E-state index contributed by atoms with van der Waals surface area (Å²) in [4.78, 5) is 0. The molecule has 0 aromatic rings. The summed E-state index contributed by atoms with van der Waals surface area (Å²) in [5.41, 5.74) is 0. The number of hydrogen-bond acceptors (Lipinski definition) is 1. The van der Waals surface area contributed by atoms with E-state index in [0.717, 1.165) is 11.8 Å². The van der Waals surface area contributed by atoms with Crippen LogP contribution in [0.4, 0.5) is 0 Å². The Bertz CT molecular complexity index is 99.4. The molecule has 1 aliphatic carbocycles. The Hall–Kier alpha value is -0.0400. The molecule has 11 heavy (non-hydrogen) atoms. The summed E-state index contributed by atoms with van der Waals surface area (Å²) in [6.45, 7) is 4.97. The topological polar surface area (TPSA) is 20.2 Å². The smallest absolute Gasteiger partial charge is 0.0459 e. The molecule has 0 aliphatic heterocycles. The van der Waals surface area contributed by atoms with Gasteiger partial charge in [-0.3, -0.25) is 0 Å². The Morgan fingerprint density at radius 2 is 1.82 bits per heavy atom. The highest BCUT2D eigenvalue weighted by molar-refractivity contribution is 4.75. The van der Waals surface area contributed by atoms with E-state index in [2.05, 4.69) is 13.8 Å². The Labute approximate surface area is 69.8 Å². The van der Waals surface area contributed by atoms with E-state index in [9.17, 15) is 0 Å². The Morgan fingerprint density at radius 3 is 2.36 bits per heavy atom. The number of aliphatic hydroxyl groups excluding tert-OH is 1. The first-order valence-electron chi connectivity index (χ1n) is 4.87. The van der Waals surface area contributed by atoms with Crippen molar-refractivity contribution in [2.24, 2.45) is 17.8 Å². The Morgan fingerprint density at radius 1 is 1.18 bits per heavy atom. The predicted octanol–water partition coefficient (Wildman–Crippen LogP) is 2.44. The zero-order valence-electron chi connectivity index (χ0n) is 7.71. The molecule has 1 heteroatoms. The van der Waals surface area contributed by atoms with E-state index in [1.54, 1.807) is 0 Å². The largest absolute Gasteiger partial charge is 0.396 e. The van der Waals surface area contributed by atoms with E-state index < -0.39 is 0 Å². The molecule has 0 bridgehead atoms. The van der Waals surface area contributed by atoms with E-state index in [0.29, 0.717) is 12.5 Å². The highest BCUT2D eigenvalue weighted by Gasteiger charge is 2.24. The summed E-state index contributed by atoms with van der Waals surface area (Å²) in [5.74, 6) is 2.32. The molecular weight excluding hydrogens is 136 g/mol. The lowest BCUT2D eigenvalue weighted by Crippen LogP contribution is -2.23. The molecular formula is C10H20O. The summed E-state index contributed by atoms with van der Waals surface area (Å²) >= 11 is 0. The fraction of sp³-hybridized carbons (Fsp3) is 1.00. The molecule has 3 atom stereocenters. The van der Waals surface area contributed by atoms with Crippen molar-refractivity contribution in [3.8, 4) is 0 Å². The average Bonchev–Trinajstić information content (AvgIpc) is 2.03. The van der Waals surface area contributed by atoms with Crippen molar-refractivity contribution in [3.63, 3.8) is 0 Å². The summed E-state index contributed by atoms with van der Waals surface area (Å²) in [7, 11) is 0. The van der Waals surface area contributed by atoms with Crippen molar-refractivity contribution in [2.75, 3.05) is 6.61 Å². The van der Waals surface area contributed by atoms with Gasteiger partial charge in [0.25, 0.3) is 0 Å². The number of hydrogen-bond donors (Lipinski definition) is 1. The molecule has 1 N–H and O–H groups in total. The van der Waals surface area contributed by atoms with Gasteiger partial charge in [-0.15, -0.1) is 0 Å². The second-order valence-electron chi connectivity index (χ2n) is 4.14. The van der Waals surface area contributed by atoms with Crippen LogP contribution in [0.1, 0.15) is 39.5 Å². The SMILES string of the molecule is CC[C@@H]1C[C@@H](C)C[C@H](CO)C1. The van der Waals surface area contributed by atoms with Crippen molar-refractivity contribution >= 4 is 0 Å². The van der Waals surface area contributed by atoms with Crippen molar-refractivity contribution in [1.29, 1.82) is 0 Å². The van der Waals surface area contributed by atoms with Crippen LogP contribution in [0.25, 0.3) is 0 Å². The molecule has 0 radical (unpaired) electrons. The average molecular weight is 156 g/mol. The molecule has 1 fully saturated rings. The molecule has 1 saturated carbocycles. The second-order valence-corrected chi connectivity index (χ2v) is 4.14. The van der Waals surface area contributed by atoms with Gasteiger partial charge in [0.15, 0.2) is 0 Å². The molecule has 1 rings (SSSR count). The van der Waals surface area contributed by atoms with Crippen molar-refractivity contribution in [1.82, 2.24) is 0 Å². The van der Waals surface area contributed by atoms with Crippen molar-refractivity contribution < 1.29 is 5.11 Å². The van der Waals surface area contributed by atoms with Crippen LogP contribution in [0.15, 0.2) is 0 Å². The summed E-state index contributed by atoms with van der Waals surface area (Å²) in [6.07, 6.45) is 5.18. The van der Waals surface area contributed by atoms with Crippen molar-refractivity contribution in [2.45, 2.75) is 39.5 Å².